The Morgan fingerprint density at radius 2 is 2.10 bits per heavy atom. The monoisotopic (exact) mass is 330 g/mol. The molecule has 21 heavy (non-hydrogen) atoms. The Morgan fingerprint density at radius 1 is 1.38 bits per heavy atom. The van der Waals surface area contributed by atoms with Crippen LogP contribution >= 0.6 is 11.6 Å². The van der Waals surface area contributed by atoms with Crippen molar-refractivity contribution in [2.75, 3.05) is 24.7 Å². The summed E-state index contributed by atoms with van der Waals surface area (Å²) in [4.78, 5) is 2.29. The molecule has 0 saturated carbocycles. The van der Waals surface area contributed by atoms with E-state index in [1.807, 2.05) is 25.1 Å². The number of halogens is 1. The minimum atomic E-state index is -3.23. The molecule has 2 atom stereocenters. The summed E-state index contributed by atoms with van der Waals surface area (Å²) in [6, 6.07) is 10.3. The molecule has 0 spiro atoms. The van der Waals surface area contributed by atoms with Gasteiger partial charge in [-0.15, -0.1) is 11.6 Å². The fraction of sp³-hybridized carbons (Fsp3) is 0.600. The fourth-order valence-electron chi connectivity index (χ4n) is 2.64. The molecule has 1 saturated heterocycles. The lowest BCUT2D eigenvalue weighted by atomic mass is 10.2. The van der Waals surface area contributed by atoms with Gasteiger partial charge in [0.05, 0.1) is 5.75 Å². The van der Waals surface area contributed by atoms with Crippen LogP contribution in [0, 0.1) is 5.92 Å². The Labute approximate surface area is 132 Å². The van der Waals surface area contributed by atoms with E-state index >= 15 is 0 Å². The third-order valence-electron chi connectivity index (χ3n) is 3.63. The topological polar surface area (TPSA) is 49.4 Å². The third-order valence-corrected chi connectivity index (χ3v) is 5.86. The molecule has 0 bridgehead atoms. The summed E-state index contributed by atoms with van der Waals surface area (Å²) in [5, 5.41) is 0. The van der Waals surface area contributed by atoms with Crippen molar-refractivity contribution in [3.63, 3.8) is 0 Å². The molecule has 6 heteroatoms. The molecule has 0 aromatic heterocycles. The largest absolute Gasteiger partial charge is 0.297 e. The van der Waals surface area contributed by atoms with E-state index < -0.39 is 10.0 Å². The van der Waals surface area contributed by atoms with Crippen LogP contribution in [0.3, 0.4) is 0 Å². The summed E-state index contributed by atoms with van der Waals surface area (Å²) < 4.78 is 26.9. The lowest BCUT2D eigenvalue weighted by Crippen LogP contribution is -2.39. The van der Waals surface area contributed by atoms with Crippen molar-refractivity contribution in [1.82, 2.24) is 9.62 Å². The van der Waals surface area contributed by atoms with Crippen LogP contribution in [0.1, 0.15) is 18.9 Å². The molecule has 0 amide bonds. The van der Waals surface area contributed by atoms with E-state index in [4.69, 9.17) is 11.6 Å². The maximum atomic E-state index is 12.0. The molecular weight excluding hydrogens is 308 g/mol. The van der Waals surface area contributed by atoms with Crippen LogP contribution in [0.2, 0.25) is 0 Å². The van der Waals surface area contributed by atoms with Crippen molar-refractivity contribution in [2.45, 2.75) is 25.9 Å². The molecule has 2 rings (SSSR count). The van der Waals surface area contributed by atoms with E-state index in [1.165, 1.54) is 5.56 Å². The molecular formula is C15H23ClN2O2S. The zero-order valence-electron chi connectivity index (χ0n) is 12.3. The molecule has 0 aliphatic carbocycles. The average molecular weight is 331 g/mol. The Kier molecular flexibility index (Phi) is 6.05. The quantitative estimate of drug-likeness (QED) is 0.778. The first-order chi connectivity index (χ1) is 9.98. The normalized spacial score (nSPS) is 21.5. The van der Waals surface area contributed by atoms with E-state index in [1.54, 1.807) is 0 Å². The van der Waals surface area contributed by atoms with Gasteiger partial charge in [0.15, 0.2) is 0 Å². The lowest BCUT2D eigenvalue weighted by molar-refractivity contribution is 0.324. The minimum absolute atomic E-state index is 0.0150. The van der Waals surface area contributed by atoms with Gasteiger partial charge in [-0.1, -0.05) is 37.3 Å². The molecule has 1 aromatic carbocycles. The van der Waals surface area contributed by atoms with Crippen LogP contribution in [0.25, 0.3) is 0 Å². The number of hydrogen-bond acceptors (Lipinski definition) is 3. The van der Waals surface area contributed by atoms with Crippen LogP contribution in [-0.2, 0) is 16.6 Å². The van der Waals surface area contributed by atoms with Crippen molar-refractivity contribution in [1.29, 1.82) is 0 Å². The van der Waals surface area contributed by atoms with Crippen molar-refractivity contribution >= 4 is 21.6 Å². The number of benzene rings is 1. The van der Waals surface area contributed by atoms with Gasteiger partial charge in [-0.3, -0.25) is 4.90 Å². The summed E-state index contributed by atoms with van der Waals surface area (Å²) in [6.45, 7) is 4.41. The second-order valence-electron chi connectivity index (χ2n) is 5.87. The van der Waals surface area contributed by atoms with Crippen molar-refractivity contribution in [2.24, 2.45) is 5.92 Å². The highest BCUT2D eigenvalue weighted by atomic mass is 35.5. The van der Waals surface area contributed by atoms with E-state index in [-0.39, 0.29) is 17.7 Å². The van der Waals surface area contributed by atoms with Gasteiger partial charge in [0.25, 0.3) is 0 Å². The maximum absolute atomic E-state index is 12.0. The number of likely N-dealkylation sites (tertiary alicyclic amines) is 1. The van der Waals surface area contributed by atoms with Gasteiger partial charge >= 0.3 is 0 Å². The van der Waals surface area contributed by atoms with Crippen molar-refractivity contribution < 1.29 is 8.42 Å². The molecule has 1 aromatic rings. The Balaban J connectivity index is 1.82. The summed E-state index contributed by atoms with van der Waals surface area (Å²) in [7, 11) is -3.23. The van der Waals surface area contributed by atoms with Gasteiger partial charge in [-0.25, -0.2) is 13.1 Å². The average Bonchev–Trinajstić information content (AvgIpc) is 2.85. The first-order valence-electron chi connectivity index (χ1n) is 7.31. The summed E-state index contributed by atoms with van der Waals surface area (Å²) in [5.74, 6) is 0.447. The van der Waals surface area contributed by atoms with Gasteiger partial charge in [0.1, 0.15) is 0 Å². The number of nitrogens with zero attached hydrogens (tertiary/aromatic N) is 1. The van der Waals surface area contributed by atoms with Crippen LogP contribution in [0.4, 0.5) is 0 Å². The fourth-order valence-corrected chi connectivity index (χ4v) is 4.54. The Hall–Kier alpha value is -0.620. The highest BCUT2D eigenvalue weighted by Crippen LogP contribution is 2.14. The maximum Gasteiger partial charge on any atom is 0.212 e. The van der Waals surface area contributed by atoms with Crippen LogP contribution in [0.5, 0.6) is 0 Å². The molecule has 1 aliphatic heterocycles. The van der Waals surface area contributed by atoms with Gasteiger partial charge < -0.3 is 0 Å². The van der Waals surface area contributed by atoms with E-state index in [9.17, 15) is 8.42 Å². The molecule has 1 heterocycles. The highest BCUT2D eigenvalue weighted by Gasteiger charge is 2.27. The molecule has 0 radical (unpaired) electrons. The lowest BCUT2D eigenvalue weighted by Gasteiger charge is -2.17. The van der Waals surface area contributed by atoms with Crippen molar-refractivity contribution in [3.05, 3.63) is 35.9 Å². The van der Waals surface area contributed by atoms with E-state index in [0.29, 0.717) is 5.88 Å². The molecule has 1 aliphatic rings. The van der Waals surface area contributed by atoms with E-state index in [2.05, 4.69) is 21.8 Å². The summed E-state index contributed by atoms with van der Waals surface area (Å²) >= 11 is 5.69. The summed E-state index contributed by atoms with van der Waals surface area (Å²) in [5.41, 5.74) is 1.26. The predicted octanol–water partition coefficient (Wildman–Crippen LogP) is 2.06. The first-order valence-corrected chi connectivity index (χ1v) is 9.49. The van der Waals surface area contributed by atoms with Crippen molar-refractivity contribution in [3.8, 4) is 0 Å². The molecule has 2 unspecified atom stereocenters. The number of hydrogen-bond donors (Lipinski definition) is 1. The molecule has 1 fully saturated rings. The number of sulfonamides is 1. The second kappa shape index (κ2) is 7.58. The predicted molar refractivity (Wildman–Crippen MR) is 86.9 cm³/mol. The van der Waals surface area contributed by atoms with Crippen LogP contribution < -0.4 is 4.72 Å². The standard InChI is InChI=1S/C15H23ClN2O2S/c1-13(9-16)12-21(19,20)17-15-7-8-18(11-15)10-14-5-3-2-4-6-14/h2-6,13,15,17H,7-12H2,1H3. The highest BCUT2D eigenvalue weighted by molar-refractivity contribution is 7.89. The van der Waals surface area contributed by atoms with Gasteiger partial charge in [-0.05, 0) is 17.9 Å². The van der Waals surface area contributed by atoms with Gasteiger partial charge in [0.2, 0.25) is 10.0 Å². The number of nitrogens with one attached hydrogen (secondary N) is 1. The molecule has 118 valence electrons. The molecule has 1 N–H and O–H groups in total. The smallest absolute Gasteiger partial charge is 0.212 e. The van der Waals surface area contributed by atoms with Gasteiger partial charge in [0, 0.05) is 31.6 Å². The van der Waals surface area contributed by atoms with Crippen LogP contribution in [-0.4, -0.2) is 44.1 Å². The number of alkyl halides is 1. The Bertz CT molecular complexity index is 536. The SMILES string of the molecule is CC(CCl)CS(=O)(=O)NC1CCN(Cc2ccccc2)C1. The third kappa shape index (κ3) is 5.58. The molecule has 4 nitrogen and oxygen atoms in total. The minimum Gasteiger partial charge on any atom is -0.297 e. The zero-order valence-corrected chi connectivity index (χ0v) is 13.9. The summed E-state index contributed by atoms with van der Waals surface area (Å²) in [6.07, 6.45) is 0.862. The number of rotatable bonds is 7. The zero-order chi connectivity index (χ0) is 15.3. The first kappa shape index (κ1) is 16.7. The van der Waals surface area contributed by atoms with Gasteiger partial charge in [-0.2, -0.15) is 0 Å². The Morgan fingerprint density at radius 3 is 2.76 bits per heavy atom. The van der Waals surface area contributed by atoms with E-state index in [0.717, 1.165) is 26.1 Å². The second-order valence-corrected chi connectivity index (χ2v) is 7.97. The van der Waals surface area contributed by atoms with Crippen LogP contribution in [0.15, 0.2) is 30.3 Å².